The number of aliphatic hydroxyl groups excluding tert-OH is 1. The van der Waals surface area contributed by atoms with Crippen LogP contribution in [0.1, 0.15) is 6.92 Å². The summed E-state index contributed by atoms with van der Waals surface area (Å²) in [5.41, 5.74) is 0.792. The summed E-state index contributed by atoms with van der Waals surface area (Å²) in [6.07, 6.45) is 3.52. The minimum atomic E-state index is 0.00729. The highest BCUT2D eigenvalue weighted by Crippen LogP contribution is 2.06. The van der Waals surface area contributed by atoms with Crippen molar-refractivity contribution >= 4 is 11.5 Å². The second kappa shape index (κ2) is 3.63. The Labute approximate surface area is 81.4 Å². The Balaban J connectivity index is 2.25. The fourth-order valence-corrected chi connectivity index (χ4v) is 1.19. The fourth-order valence-electron chi connectivity index (χ4n) is 1.19. The van der Waals surface area contributed by atoms with E-state index in [2.05, 4.69) is 15.4 Å². The number of hydrogen-bond acceptors (Lipinski definition) is 4. The predicted octanol–water partition coefficient (Wildman–Crippen LogP) is 0.522. The summed E-state index contributed by atoms with van der Waals surface area (Å²) in [6.45, 7) is 1.98. The molecule has 2 heterocycles. The van der Waals surface area contributed by atoms with Gasteiger partial charge in [0, 0.05) is 18.3 Å². The van der Waals surface area contributed by atoms with Crippen LogP contribution in [0.25, 0.3) is 5.65 Å². The van der Waals surface area contributed by atoms with Gasteiger partial charge in [0.05, 0.1) is 12.8 Å². The summed E-state index contributed by atoms with van der Waals surface area (Å²) in [5, 5.41) is 16.0. The molecule has 5 nitrogen and oxygen atoms in total. The number of aliphatic hydroxyl groups is 1. The molecule has 2 rings (SSSR count). The molecule has 0 saturated heterocycles. The van der Waals surface area contributed by atoms with E-state index in [1.807, 2.05) is 25.3 Å². The largest absolute Gasteiger partial charge is 0.394 e. The van der Waals surface area contributed by atoms with Gasteiger partial charge in [-0.15, -0.1) is 0 Å². The van der Waals surface area contributed by atoms with Crippen molar-refractivity contribution in [1.82, 2.24) is 14.6 Å². The molecule has 2 aromatic rings. The zero-order chi connectivity index (χ0) is 9.97. The van der Waals surface area contributed by atoms with Gasteiger partial charge in [0.1, 0.15) is 5.82 Å². The van der Waals surface area contributed by atoms with Gasteiger partial charge in [-0.2, -0.15) is 5.10 Å². The van der Waals surface area contributed by atoms with E-state index in [-0.39, 0.29) is 12.6 Å². The van der Waals surface area contributed by atoms with Gasteiger partial charge >= 0.3 is 0 Å². The van der Waals surface area contributed by atoms with Crippen LogP contribution in [0.3, 0.4) is 0 Å². The Kier molecular flexibility index (Phi) is 2.32. The van der Waals surface area contributed by atoms with E-state index in [0.717, 1.165) is 11.5 Å². The summed E-state index contributed by atoms with van der Waals surface area (Å²) < 4.78 is 1.69. The minimum absolute atomic E-state index is 0.00729. The van der Waals surface area contributed by atoms with Crippen molar-refractivity contribution in [1.29, 1.82) is 0 Å². The monoisotopic (exact) mass is 192 g/mol. The number of rotatable bonds is 3. The number of nitrogens with zero attached hydrogens (tertiary/aromatic N) is 3. The van der Waals surface area contributed by atoms with E-state index >= 15 is 0 Å². The van der Waals surface area contributed by atoms with Gasteiger partial charge in [-0.3, -0.25) is 0 Å². The predicted molar refractivity (Wildman–Crippen MR) is 53.2 cm³/mol. The minimum Gasteiger partial charge on any atom is -0.394 e. The molecule has 1 unspecified atom stereocenters. The lowest BCUT2D eigenvalue weighted by molar-refractivity contribution is 0.281. The van der Waals surface area contributed by atoms with Crippen LogP contribution in [0, 0.1) is 0 Å². The van der Waals surface area contributed by atoms with E-state index in [0.29, 0.717) is 0 Å². The van der Waals surface area contributed by atoms with Gasteiger partial charge < -0.3 is 10.4 Å². The van der Waals surface area contributed by atoms with Crippen molar-refractivity contribution in [3.8, 4) is 0 Å². The van der Waals surface area contributed by atoms with Crippen molar-refractivity contribution < 1.29 is 5.11 Å². The highest BCUT2D eigenvalue weighted by atomic mass is 16.3. The molecule has 0 radical (unpaired) electrons. The first-order valence-corrected chi connectivity index (χ1v) is 4.47. The zero-order valence-corrected chi connectivity index (χ0v) is 7.88. The molecule has 1 atom stereocenters. The molecule has 74 valence electrons. The maximum absolute atomic E-state index is 8.86. The number of fused-ring (bicyclic) bond motifs is 1. The third-order valence-electron chi connectivity index (χ3n) is 1.93. The molecule has 0 saturated carbocycles. The van der Waals surface area contributed by atoms with Crippen molar-refractivity contribution in [2.24, 2.45) is 0 Å². The topological polar surface area (TPSA) is 62.5 Å². The number of nitrogens with one attached hydrogen (secondary N) is 1. The SMILES string of the molecule is CC(CO)Nc1ccn2nccc2n1. The normalized spacial score (nSPS) is 13.0. The molecule has 2 aromatic heterocycles. The van der Waals surface area contributed by atoms with Crippen LogP contribution in [0.2, 0.25) is 0 Å². The molecule has 14 heavy (non-hydrogen) atoms. The average molecular weight is 192 g/mol. The van der Waals surface area contributed by atoms with Crippen molar-refractivity contribution in [3.63, 3.8) is 0 Å². The van der Waals surface area contributed by atoms with Crippen LogP contribution in [0.5, 0.6) is 0 Å². The molecule has 0 amide bonds. The molecule has 0 aliphatic heterocycles. The maximum atomic E-state index is 8.86. The highest BCUT2D eigenvalue weighted by molar-refractivity contribution is 5.45. The molecule has 0 aliphatic rings. The van der Waals surface area contributed by atoms with Crippen LogP contribution in [-0.2, 0) is 0 Å². The third-order valence-corrected chi connectivity index (χ3v) is 1.93. The maximum Gasteiger partial charge on any atom is 0.157 e. The Morgan fingerprint density at radius 2 is 2.43 bits per heavy atom. The molecular weight excluding hydrogens is 180 g/mol. The van der Waals surface area contributed by atoms with Gasteiger partial charge in [-0.05, 0) is 13.0 Å². The summed E-state index contributed by atoms with van der Waals surface area (Å²) in [4.78, 5) is 4.30. The molecule has 0 fully saturated rings. The van der Waals surface area contributed by atoms with Gasteiger partial charge in [0.15, 0.2) is 5.65 Å². The molecular formula is C9H12N4O. The highest BCUT2D eigenvalue weighted by Gasteiger charge is 2.01. The Morgan fingerprint density at radius 1 is 1.57 bits per heavy atom. The van der Waals surface area contributed by atoms with E-state index in [1.165, 1.54) is 0 Å². The van der Waals surface area contributed by atoms with Crippen molar-refractivity contribution in [2.75, 3.05) is 11.9 Å². The summed E-state index contributed by atoms with van der Waals surface area (Å²) in [5.74, 6) is 0.750. The van der Waals surface area contributed by atoms with Crippen LogP contribution < -0.4 is 5.32 Å². The summed E-state index contributed by atoms with van der Waals surface area (Å²) >= 11 is 0. The van der Waals surface area contributed by atoms with E-state index < -0.39 is 0 Å². The van der Waals surface area contributed by atoms with Crippen molar-refractivity contribution in [2.45, 2.75) is 13.0 Å². The van der Waals surface area contributed by atoms with Gasteiger partial charge in [0.25, 0.3) is 0 Å². The van der Waals surface area contributed by atoms with Crippen LogP contribution in [-0.4, -0.2) is 32.4 Å². The lowest BCUT2D eigenvalue weighted by Crippen LogP contribution is -2.20. The first kappa shape index (κ1) is 8.96. The molecule has 0 aromatic carbocycles. The lowest BCUT2D eigenvalue weighted by atomic mass is 10.3. The fraction of sp³-hybridized carbons (Fsp3) is 0.333. The van der Waals surface area contributed by atoms with E-state index in [9.17, 15) is 0 Å². The quantitative estimate of drug-likeness (QED) is 0.744. The molecule has 2 N–H and O–H groups in total. The van der Waals surface area contributed by atoms with Gasteiger partial charge in [-0.25, -0.2) is 9.50 Å². The second-order valence-electron chi connectivity index (χ2n) is 3.17. The van der Waals surface area contributed by atoms with Gasteiger partial charge in [0.2, 0.25) is 0 Å². The Morgan fingerprint density at radius 3 is 3.21 bits per heavy atom. The van der Waals surface area contributed by atoms with E-state index in [1.54, 1.807) is 10.7 Å². The Hall–Kier alpha value is -1.62. The van der Waals surface area contributed by atoms with Crippen LogP contribution in [0.15, 0.2) is 24.5 Å². The van der Waals surface area contributed by atoms with Crippen LogP contribution in [0.4, 0.5) is 5.82 Å². The third kappa shape index (κ3) is 1.67. The number of hydrogen-bond donors (Lipinski definition) is 2. The zero-order valence-electron chi connectivity index (χ0n) is 7.88. The average Bonchev–Trinajstić information content (AvgIpc) is 2.64. The molecule has 0 spiro atoms. The van der Waals surface area contributed by atoms with Crippen LogP contribution >= 0.6 is 0 Å². The smallest absolute Gasteiger partial charge is 0.157 e. The first-order chi connectivity index (χ1) is 6.79. The molecule has 0 bridgehead atoms. The molecule has 0 aliphatic carbocycles. The first-order valence-electron chi connectivity index (χ1n) is 4.47. The van der Waals surface area contributed by atoms with E-state index in [4.69, 9.17) is 5.11 Å². The number of aromatic nitrogens is 3. The molecule has 5 heteroatoms. The number of anilines is 1. The standard InChI is InChI=1S/C9H12N4O/c1-7(6-14)11-8-3-5-13-9(12-8)2-4-10-13/h2-5,7,14H,6H2,1H3,(H,11,12). The lowest BCUT2D eigenvalue weighted by Gasteiger charge is -2.10. The summed E-state index contributed by atoms with van der Waals surface area (Å²) in [6, 6.07) is 3.66. The van der Waals surface area contributed by atoms with Crippen molar-refractivity contribution in [3.05, 3.63) is 24.5 Å². The Bertz CT molecular complexity index is 425. The van der Waals surface area contributed by atoms with Gasteiger partial charge in [-0.1, -0.05) is 0 Å². The summed E-state index contributed by atoms with van der Waals surface area (Å²) in [7, 11) is 0. The second-order valence-corrected chi connectivity index (χ2v) is 3.17.